The lowest BCUT2D eigenvalue weighted by atomic mass is 9.46. The third-order valence-corrected chi connectivity index (χ3v) is 10.7. The van der Waals surface area contributed by atoms with E-state index in [-0.39, 0.29) is 35.4 Å². The summed E-state index contributed by atoms with van der Waals surface area (Å²) in [6, 6.07) is 8.02. The number of rotatable bonds is 7. The molecule has 0 aliphatic heterocycles. The molecule has 3 fully saturated rings. The second-order valence-electron chi connectivity index (χ2n) is 12.8. The smallest absolute Gasteiger partial charge is 0.190 e. The van der Waals surface area contributed by atoms with Crippen molar-refractivity contribution in [2.45, 2.75) is 77.7 Å². The summed E-state index contributed by atoms with van der Waals surface area (Å²) in [4.78, 5) is 26.6. The van der Waals surface area contributed by atoms with E-state index in [0.29, 0.717) is 12.8 Å². The highest BCUT2D eigenvalue weighted by atomic mass is 16.5. The summed E-state index contributed by atoms with van der Waals surface area (Å²) in [5, 5.41) is 25.9. The number of carbonyl (C=O) groups excluding carboxylic acids is 2. The van der Waals surface area contributed by atoms with Crippen LogP contribution in [0.1, 0.15) is 77.0 Å². The topological polar surface area (TPSA) is 102 Å². The summed E-state index contributed by atoms with van der Waals surface area (Å²) in [6.07, 6.45) is 10.2. The maximum Gasteiger partial charge on any atom is 0.190 e. The number of ketones is 2. The first-order chi connectivity index (χ1) is 18.6. The fourth-order valence-corrected chi connectivity index (χ4v) is 8.64. The van der Waals surface area contributed by atoms with Crippen molar-refractivity contribution in [1.82, 2.24) is 9.78 Å². The van der Waals surface area contributed by atoms with Crippen LogP contribution >= 0.6 is 0 Å². The highest BCUT2D eigenvalue weighted by Crippen LogP contribution is 2.66. The first-order valence-electron chi connectivity index (χ1n) is 14.6. The van der Waals surface area contributed by atoms with Crippen molar-refractivity contribution >= 4 is 17.6 Å². The van der Waals surface area contributed by atoms with Gasteiger partial charge in [-0.1, -0.05) is 32.8 Å². The lowest BCUT2D eigenvalue weighted by Crippen LogP contribution is -2.61. The predicted molar refractivity (Wildman–Crippen MR) is 147 cm³/mol. The van der Waals surface area contributed by atoms with Crippen molar-refractivity contribution in [3.8, 4) is 11.4 Å². The molecule has 7 heteroatoms. The molecule has 1 aromatic heterocycles. The van der Waals surface area contributed by atoms with Crippen molar-refractivity contribution in [3.63, 3.8) is 0 Å². The van der Waals surface area contributed by atoms with Crippen LogP contribution in [0.25, 0.3) is 11.8 Å². The molecule has 4 aliphatic rings. The van der Waals surface area contributed by atoms with Gasteiger partial charge < -0.3 is 14.9 Å². The monoisotopic (exact) mass is 532 g/mol. The van der Waals surface area contributed by atoms with E-state index in [2.05, 4.69) is 26.1 Å². The second kappa shape index (κ2) is 9.41. The summed E-state index contributed by atoms with van der Waals surface area (Å²) in [5.41, 5.74) is 1.63. The van der Waals surface area contributed by atoms with Crippen LogP contribution in [0.4, 0.5) is 0 Å². The molecule has 2 N–H and O–H groups in total. The summed E-state index contributed by atoms with van der Waals surface area (Å²) in [7, 11) is 0. The van der Waals surface area contributed by atoms with Crippen LogP contribution in [-0.2, 0) is 16.0 Å². The SMILES string of the molecule is CCCCOc1ccc(-n2cc3c(n2)C=C2CC[C@@H]4[C@H](C(=O)C[C@@]5(C)[C@H]4CC[C@]5(O)C(=O)CO)[C@@]2(C)C3)cc1. The molecule has 7 nitrogen and oxygen atoms in total. The number of aliphatic hydroxyl groups excluding tert-OH is 1. The highest BCUT2D eigenvalue weighted by molar-refractivity contribution is 5.92. The normalized spacial score (nSPS) is 34.9. The molecule has 2 aromatic rings. The number of fused-ring (bicyclic) bond motifs is 6. The zero-order valence-corrected chi connectivity index (χ0v) is 23.3. The molecular formula is C32H40N2O5. The van der Waals surface area contributed by atoms with E-state index in [0.717, 1.165) is 61.4 Å². The van der Waals surface area contributed by atoms with Gasteiger partial charge in [-0.25, -0.2) is 4.68 Å². The minimum atomic E-state index is -1.62. The molecule has 0 unspecified atom stereocenters. The summed E-state index contributed by atoms with van der Waals surface area (Å²) < 4.78 is 7.73. The molecule has 0 spiro atoms. The molecule has 4 aliphatic carbocycles. The van der Waals surface area contributed by atoms with Gasteiger partial charge in [0.2, 0.25) is 0 Å². The lowest BCUT2D eigenvalue weighted by Gasteiger charge is -2.57. The van der Waals surface area contributed by atoms with E-state index in [9.17, 15) is 19.8 Å². The third-order valence-electron chi connectivity index (χ3n) is 10.7. The van der Waals surface area contributed by atoms with Crippen molar-refractivity contribution in [3.05, 3.63) is 47.3 Å². The Balaban J connectivity index is 1.27. The number of hydrogen-bond donors (Lipinski definition) is 2. The zero-order chi connectivity index (χ0) is 27.6. The van der Waals surface area contributed by atoms with Crippen molar-refractivity contribution < 1.29 is 24.5 Å². The molecule has 1 heterocycles. The number of allylic oxidation sites excluding steroid dienone is 1. The van der Waals surface area contributed by atoms with E-state index in [1.165, 1.54) is 5.57 Å². The van der Waals surface area contributed by atoms with Crippen molar-refractivity contribution in [2.75, 3.05) is 13.2 Å². The van der Waals surface area contributed by atoms with Crippen LogP contribution in [0.2, 0.25) is 0 Å². The van der Waals surface area contributed by atoms with Crippen LogP contribution < -0.4 is 4.74 Å². The summed E-state index contributed by atoms with van der Waals surface area (Å²) >= 11 is 0. The zero-order valence-electron chi connectivity index (χ0n) is 23.3. The maximum atomic E-state index is 14.0. The first kappa shape index (κ1) is 26.5. The lowest BCUT2D eigenvalue weighted by molar-refractivity contribution is -0.169. The number of aromatic nitrogens is 2. The molecule has 3 saturated carbocycles. The standard InChI is InChI=1S/C32H40N2O5/c1-4-5-14-39-23-9-7-22(8-10-23)34-18-20-16-30(2)21(15-26(20)33-34)6-11-24-25-12-13-32(38,28(37)19-35)31(25,3)17-27(36)29(24)30/h7-10,15,18,24-25,29,35,38H,4-6,11-14,16-17,19H2,1-3H3/t24-,25-,29+,30-,31-,32-/m0/s1. The molecule has 6 rings (SSSR count). The van der Waals surface area contributed by atoms with Crippen LogP contribution in [0.15, 0.2) is 36.0 Å². The molecule has 6 atom stereocenters. The van der Waals surface area contributed by atoms with Crippen LogP contribution in [-0.4, -0.2) is 50.4 Å². The Morgan fingerprint density at radius 2 is 1.95 bits per heavy atom. The quantitative estimate of drug-likeness (QED) is 0.501. The molecular weight excluding hydrogens is 492 g/mol. The average Bonchev–Trinajstić information content (AvgIpc) is 3.44. The molecule has 208 valence electrons. The van der Waals surface area contributed by atoms with Gasteiger partial charge in [0.05, 0.1) is 18.0 Å². The average molecular weight is 533 g/mol. The van der Waals surface area contributed by atoms with E-state index in [1.807, 2.05) is 35.9 Å². The number of unbranched alkanes of at least 4 members (excludes halogenated alkanes) is 1. The number of ether oxygens (including phenoxy) is 1. The minimum absolute atomic E-state index is 0.0845. The molecule has 1 aromatic carbocycles. The molecule has 0 saturated heterocycles. The molecule has 0 amide bonds. The number of benzene rings is 1. The van der Waals surface area contributed by atoms with E-state index < -0.39 is 23.4 Å². The molecule has 0 bridgehead atoms. The maximum absolute atomic E-state index is 14.0. The van der Waals surface area contributed by atoms with Gasteiger partial charge in [-0.2, -0.15) is 5.10 Å². The number of aliphatic hydroxyl groups is 2. The van der Waals surface area contributed by atoms with Crippen LogP contribution in [0.3, 0.4) is 0 Å². The fraction of sp³-hybridized carbons (Fsp3) is 0.594. The van der Waals surface area contributed by atoms with Crippen LogP contribution in [0.5, 0.6) is 5.75 Å². The Labute approximate surface area is 230 Å². The van der Waals surface area contributed by atoms with Gasteiger partial charge in [0.25, 0.3) is 0 Å². The fourth-order valence-electron chi connectivity index (χ4n) is 8.64. The van der Waals surface area contributed by atoms with Gasteiger partial charge in [-0.3, -0.25) is 9.59 Å². The number of carbonyl (C=O) groups is 2. The van der Waals surface area contributed by atoms with Gasteiger partial charge in [0.15, 0.2) is 5.78 Å². The Hall–Kier alpha value is -2.77. The van der Waals surface area contributed by atoms with Crippen molar-refractivity contribution in [1.29, 1.82) is 0 Å². The van der Waals surface area contributed by atoms with E-state index in [1.54, 1.807) is 0 Å². The van der Waals surface area contributed by atoms with Crippen molar-refractivity contribution in [2.24, 2.45) is 28.6 Å². The third kappa shape index (κ3) is 3.87. The number of hydrogen-bond acceptors (Lipinski definition) is 6. The predicted octanol–water partition coefficient (Wildman–Crippen LogP) is 4.70. The van der Waals surface area contributed by atoms with E-state index in [4.69, 9.17) is 9.84 Å². The summed E-state index contributed by atoms with van der Waals surface area (Å²) in [6.45, 7) is 6.32. The highest BCUT2D eigenvalue weighted by Gasteiger charge is 2.68. The van der Waals surface area contributed by atoms with Gasteiger partial charge >= 0.3 is 0 Å². The van der Waals surface area contributed by atoms with Gasteiger partial charge in [-0.15, -0.1) is 0 Å². The van der Waals surface area contributed by atoms with Crippen LogP contribution in [0, 0.1) is 28.6 Å². The minimum Gasteiger partial charge on any atom is -0.494 e. The largest absolute Gasteiger partial charge is 0.494 e. The number of nitrogens with zero attached hydrogens (tertiary/aromatic N) is 2. The molecule has 39 heavy (non-hydrogen) atoms. The van der Waals surface area contributed by atoms with Gasteiger partial charge in [-0.05, 0) is 86.3 Å². The first-order valence-corrected chi connectivity index (χ1v) is 14.6. The summed E-state index contributed by atoms with van der Waals surface area (Å²) in [5.74, 6) is 0.525. The molecule has 0 radical (unpaired) electrons. The Kier molecular flexibility index (Phi) is 6.38. The Morgan fingerprint density at radius 1 is 1.18 bits per heavy atom. The Morgan fingerprint density at radius 3 is 2.67 bits per heavy atom. The van der Waals surface area contributed by atoms with E-state index >= 15 is 0 Å². The second-order valence-corrected chi connectivity index (χ2v) is 12.8. The number of Topliss-reactive ketones (excluding diaryl/α,β-unsaturated/α-hetero) is 2. The van der Waals surface area contributed by atoms with Gasteiger partial charge in [0.1, 0.15) is 23.7 Å². The van der Waals surface area contributed by atoms with Gasteiger partial charge in [0, 0.05) is 29.4 Å². The Bertz CT molecular complexity index is 1330.